The molecule has 1 heterocycles. The summed E-state index contributed by atoms with van der Waals surface area (Å²) in [5, 5.41) is 13.2. The largest absolute Gasteiger partial charge is 0.398 e. The number of aliphatic hydroxyl groups excluding tert-OH is 1. The predicted molar refractivity (Wildman–Crippen MR) is 69.7 cm³/mol. The first-order valence-electron chi connectivity index (χ1n) is 5.25. The molecule has 0 atom stereocenters. The number of hydrogen-bond acceptors (Lipinski definition) is 3. The van der Waals surface area contributed by atoms with Crippen molar-refractivity contribution in [3.63, 3.8) is 0 Å². The normalized spacial score (nSPS) is 10.6. The second kappa shape index (κ2) is 4.68. The Morgan fingerprint density at radius 1 is 1.25 bits per heavy atom. The molecular formula is C13H15NOS. The first-order valence-corrected chi connectivity index (χ1v) is 6.19. The van der Waals surface area contributed by atoms with Crippen LogP contribution in [0.4, 0.5) is 5.69 Å². The Hall–Kier alpha value is -1.32. The van der Waals surface area contributed by atoms with E-state index in [2.05, 4.69) is 17.7 Å². The van der Waals surface area contributed by atoms with Crippen LogP contribution in [-0.4, -0.2) is 11.7 Å². The summed E-state index contributed by atoms with van der Waals surface area (Å²) in [7, 11) is 0. The third-order valence-corrected chi connectivity index (χ3v) is 3.58. The molecule has 0 bridgehead atoms. The number of aliphatic hydroxyl groups is 1. The number of hydrogen-bond donors (Lipinski definition) is 2. The Balaban J connectivity index is 2.50. The lowest BCUT2D eigenvalue weighted by molar-refractivity contribution is 0.300. The second-order valence-electron chi connectivity index (χ2n) is 3.82. The summed E-state index contributed by atoms with van der Waals surface area (Å²) in [5.41, 5.74) is 11.5. The molecule has 0 aliphatic heterocycles. The van der Waals surface area contributed by atoms with E-state index in [1.54, 1.807) is 11.3 Å². The molecule has 1 aromatic heterocycles. The Morgan fingerprint density at radius 2 is 2.06 bits per heavy atom. The maximum absolute atomic E-state index is 8.97. The maximum Gasteiger partial charge on any atom is 0.0472 e. The average Bonchev–Trinajstić information content (AvgIpc) is 2.68. The van der Waals surface area contributed by atoms with Crippen LogP contribution in [0.5, 0.6) is 0 Å². The molecule has 2 rings (SSSR count). The molecule has 16 heavy (non-hydrogen) atoms. The Kier molecular flexibility index (Phi) is 3.27. The van der Waals surface area contributed by atoms with E-state index in [9.17, 15) is 0 Å². The molecule has 0 unspecified atom stereocenters. The average molecular weight is 233 g/mol. The van der Waals surface area contributed by atoms with Crippen LogP contribution in [0.2, 0.25) is 0 Å². The highest BCUT2D eigenvalue weighted by atomic mass is 32.1. The van der Waals surface area contributed by atoms with Crippen molar-refractivity contribution in [2.75, 3.05) is 12.3 Å². The van der Waals surface area contributed by atoms with E-state index in [0.29, 0.717) is 6.42 Å². The number of anilines is 1. The molecule has 2 aromatic rings. The minimum Gasteiger partial charge on any atom is -0.398 e. The molecule has 84 valence electrons. The third kappa shape index (κ3) is 1.96. The molecule has 0 radical (unpaired) electrons. The molecule has 2 nitrogen and oxygen atoms in total. The summed E-state index contributed by atoms with van der Waals surface area (Å²) in [4.78, 5) is 0. The SMILES string of the molecule is Cc1cscc1-c1cccc(CCO)c1N. The van der Waals surface area contributed by atoms with Crippen molar-refractivity contribution in [3.8, 4) is 11.1 Å². The van der Waals surface area contributed by atoms with Crippen molar-refractivity contribution in [2.45, 2.75) is 13.3 Å². The molecule has 0 fully saturated rings. The van der Waals surface area contributed by atoms with Gasteiger partial charge in [-0.3, -0.25) is 0 Å². The smallest absolute Gasteiger partial charge is 0.0472 e. The topological polar surface area (TPSA) is 46.2 Å². The van der Waals surface area contributed by atoms with Gasteiger partial charge in [-0.15, -0.1) is 0 Å². The van der Waals surface area contributed by atoms with Gasteiger partial charge in [0.25, 0.3) is 0 Å². The van der Waals surface area contributed by atoms with Crippen molar-refractivity contribution >= 4 is 17.0 Å². The monoisotopic (exact) mass is 233 g/mol. The van der Waals surface area contributed by atoms with E-state index >= 15 is 0 Å². The summed E-state index contributed by atoms with van der Waals surface area (Å²) in [5.74, 6) is 0. The summed E-state index contributed by atoms with van der Waals surface area (Å²) in [6.07, 6.45) is 0.614. The van der Waals surface area contributed by atoms with Gasteiger partial charge in [0.2, 0.25) is 0 Å². The number of benzene rings is 1. The van der Waals surface area contributed by atoms with Gasteiger partial charge in [0.05, 0.1) is 0 Å². The van der Waals surface area contributed by atoms with E-state index in [4.69, 9.17) is 10.8 Å². The van der Waals surface area contributed by atoms with Gasteiger partial charge < -0.3 is 10.8 Å². The fourth-order valence-electron chi connectivity index (χ4n) is 1.82. The molecule has 0 aliphatic carbocycles. The second-order valence-corrected chi connectivity index (χ2v) is 4.56. The van der Waals surface area contributed by atoms with Crippen LogP contribution in [0.3, 0.4) is 0 Å². The molecule has 0 saturated carbocycles. The lowest BCUT2D eigenvalue weighted by atomic mass is 9.99. The molecule has 0 saturated heterocycles. The molecule has 1 aromatic carbocycles. The summed E-state index contributed by atoms with van der Waals surface area (Å²) in [6.45, 7) is 2.22. The first kappa shape index (κ1) is 11.2. The van der Waals surface area contributed by atoms with Crippen LogP contribution in [0.25, 0.3) is 11.1 Å². The number of aryl methyl sites for hydroxylation is 1. The van der Waals surface area contributed by atoms with Gasteiger partial charge in [-0.25, -0.2) is 0 Å². The number of nitrogen functional groups attached to an aromatic ring is 1. The van der Waals surface area contributed by atoms with Crippen molar-refractivity contribution in [2.24, 2.45) is 0 Å². The highest BCUT2D eigenvalue weighted by Gasteiger charge is 2.09. The zero-order valence-electron chi connectivity index (χ0n) is 9.23. The summed E-state index contributed by atoms with van der Waals surface area (Å²) >= 11 is 1.68. The summed E-state index contributed by atoms with van der Waals surface area (Å²) < 4.78 is 0. The van der Waals surface area contributed by atoms with Gasteiger partial charge in [0.1, 0.15) is 0 Å². The lowest BCUT2D eigenvalue weighted by Gasteiger charge is -2.10. The van der Waals surface area contributed by atoms with Crippen molar-refractivity contribution in [1.29, 1.82) is 0 Å². The van der Waals surface area contributed by atoms with Crippen molar-refractivity contribution in [3.05, 3.63) is 40.1 Å². The van der Waals surface area contributed by atoms with Crippen LogP contribution < -0.4 is 5.73 Å². The Labute approximate surface area is 99.4 Å². The van der Waals surface area contributed by atoms with E-state index in [-0.39, 0.29) is 6.61 Å². The Bertz CT molecular complexity index is 490. The van der Waals surface area contributed by atoms with E-state index in [1.807, 2.05) is 18.2 Å². The minimum atomic E-state index is 0.135. The van der Waals surface area contributed by atoms with E-state index in [1.165, 1.54) is 11.1 Å². The van der Waals surface area contributed by atoms with Gasteiger partial charge in [-0.2, -0.15) is 11.3 Å². The van der Waals surface area contributed by atoms with Crippen LogP contribution >= 0.6 is 11.3 Å². The number of para-hydroxylation sites is 1. The van der Waals surface area contributed by atoms with Crippen LogP contribution in [-0.2, 0) is 6.42 Å². The zero-order valence-corrected chi connectivity index (χ0v) is 10.1. The molecular weight excluding hydrogens is 218 g/mol. The highest BCUT2D eigenvalue weighted by Crippen LogP contribution is 2.33. The molecule has 3 N–H and O–H groups in total. The van der Waals surface area contributed by atoms with Gasteiger partial charge in [0, 0.05) is 17.9 Å². The van der Waals surface area contributed by atoms with Crippen LogP contribution in [0, 0.1) is 6.92 Å². The van der Waals surface area contributed by atoms with Crippen LogP contribution in [0.15, 0.2) is 29.0 Å². The first-order chi connectivity index (χ1) is 7.74. The highest BCUT2D eigenvalue weighted by molar-refractivity contribution is 7.08. The maximum atomic E-state index is 8.97. The van der Waals surface area contributed by atoms with E-state index in [0.717, 1.165) is 16.8 Å². The molecule has 0 amide bonds. The molecule has 0 spiro atoms. The summed E-state index contributed by atoms with van der Waals surface area (Å²) in [6, 6.07) is 6.00. The van der Waals surface area contributed by atoms with Gasteiger partial charge in [-0.05, 0) is 40.8 Å². The lowest BCUT2D eigenvalue weighted by Crippen LogP contribution is -1.99. The molecule has 3 heteroatoms. The zero-order chi connectivity index (χ0) is 11.5. The van der Waals surface area contributed by atoms with Gasteiger partial charge in [0.15, 0.2) is 0 Å². The Morgan fingerprint density at radius 3 is 2.69 bits per heavy atom. The number of thiophene rings is 1. The predicted octanol–water partition coefficient (Wildman–Crippen LogP) is 2.84. The molecule has 0 aliphatic rings. The standard InChI is InChI=1S/C13H15NOS/c1-9-7-16-8-12(9)11-4-2-3-10(5-6-15)13(11)14/h2-4,7-8,15H,5-6,14H2,1H3. The van der Waals surface area contributed by atoms with Gasteiger partial charge in [-0.1, -0.05) is 18.2 Å². The van der Waals surface area contributed by atoms with Crippen molar-refractivity contribution in [1.82, 2.24) is 0 Å². The van der Waals surface area contributed by atoms with Crippen LogP contribution in [0.1, 0.15) is 11.1 Å². The minimum absolute atomic E-state index is 0.135. The van der Waals surface area contributed by atoms with Crippen molar-refractivity contribution < 1.29 is 5.11 Å². The third-order valence-electron chi connectivity index (χ3n) is 2.72. The fraction of sp³-hybridized carbons (Fsp3) is 0.231. The van der Waals surface area contributed by atoms with E-state index < -0.39 is 0 Å². The quantitative estimate of drug-likeness (QED) is 0.801. The fourth-order valence-corrected chi connectivity index (χ4v) is 2.67. The van der Waals surface area contributed by atoms with Gasteiger partial charge >= 0.3 is 0 Å². The number of nitrogens with two attached hydrogens (primary N) is 1. The number of rotatable bonds is 3.